The zero-order valence-electron chi connectivity index (χ0n) is 22.1. The second-order valence-electron chi connectivity index (χ2n) is 9.33. The molecule has 0 bridgehead atoms. The first-order valence-corrected chi connectivity index (χ1v) is 13.4. The van der Waals surface area contributed by atoms with E-state index in [0.717, 1.165) is 42.2 Å². The van der Waals surface area contributed by atoms with Crippen LogP contribution in [0.5, 0.6) is 17.2 Å². The summed E-state index contributed by atoms with van der Waals surface area (Å²) in [5.41, 5.74) is 2.11. The van der Waals surface area contributed by atoms with Gasteiger partial charge < -0.3 is 14.2 Å². The van der Waals surface area contributed by atoms with E-state index in [1.54, 1.807) is 54.6 Å². The molecule has 4 aromatic carbocycles. The lowest BCUT2D eigenvalue weighted by molar-refractivity contribution is 0.0725. The molecule has 0 atom stereocenters. The molecule has 0 radical (unpaired) electrons. The van der Waals surface area contributed by atoms with Gasteiger partial charge in [0.2, 0.25) is 0 Å². The van der Waals surface area contributed by atoms with Crippen molar-refractivity contribution in [2.45, 2.75) is 52.4 Å². The molecule has 0 aliphatic carbocycles. The van der Waals surface area contributed by atoms with E-state index in [4.69, 9.17) is 14.2 Å². The maximum Gasteiger partial charge on any atom is 0.343 e. The molecule has 38 heavy (non-hydrogen) atoms. The third-order valence-corrected chi connectivity index (χ3v) is 6.32. The molecule has 196 valence electrons. The molecule has 4 rings (SSSR count). The third-order valence-electron chi connectivity index (χ3n) is 6.32. The van der Waals surface area contributed by atoms with Gasteiger partial charge in [0.25, 0.3) is 0 Å². The summed E-state index contributed by atoms with van der Waals surface area (Å²) in [4.78, 5) is 25.4. The monoisotopic (exact) mass is 510 g/mol. The molecule has 0 N–H and O–H groups in total. The van der Waals surface area contributed by atoms with Crippen molar-refractivity contribution in [2.24, 2.45) is 0 Å². The van der Waals surface area contributed by atoms with Crippen LogP contribution in [0, 0.1) is 0 Å². The average molecular weight is 511 g/mol. The second kappa shape index (κ2) is 13.4. The Bertz CT molecular complexity index is 1250. The Balaban J connectivity index is 1.36. The molecule has 0 aliphatic rings. The van der Waals surface area contributed by atoms with Gasteiger partial charge in [-0.2, -0.15) is 0 Å². The average Bonchev–Trinajstić information content (AvgIpc) is 2.94. The topological polar surface area (TPSA) is 61.8 Å². The summed E-state index contributed by atoms with van der Waals surface area (Å²) in [6.45, 7) is 4.97. The summed E-state index contributed by atoms with van der Waals surface area (Å²) >= 11 is 0. The summed E-state index contributed by atoms with van der Waals surface area (Å²) in [7, 11) is 0. The van der Waals surface area contributed by atoms with Crippen LogP contribution in [0.25, 0.3) is 10.8 Å². The van der Waals surface area contributed by atoms with Crippen molar-refractivity contribution in [3.8, 4) is 17.2 Å². The van der Waals surface area contributed by atoms with Crippen LogP contribution < -0.4 is 14.2 Å². The number of rotatable bonds is 12. The third kappa shape index (κ3) is 7.45. The number of fused-ring (bicyclic) bond motifs is 1. The highest BCUT2D eigenvalue weighted by molar-refractivity contribution is 5.99. The van der Waals surface area contributed by atoms with Gasteiger partial charge in [0, 0.05) is 0 Å². The fraction of sp³-hybridized carbons (Fsp3) is 0.273. The van der Waals surface area contributed by atoms with Crippen LogP contribution in [0.2, 0.25) is 0 Å². The second-order valence-corrected chi connectivity index (χ2v) is 9.33. The van der Waals surface area contributed by atoms with E-state index in [-0.39, 0.29) is 0 Å². The van der Waals surface area contributed by atoms with Gasteiger partial charge >= 0.3 is 11.9 Å². The number of unbranched alkanes of at least 4 members (excludes halogenated alkanes) is 3. The maximum absolute atomic E-state index is 12.7. The number of ether oxygens (including phenoxy) is 3. The minimum atomic E-state index is -0.451. The van der Waals surface area contributed by atoms with Gasteiger partial charge in [0.05, 0.1) is 17.7 Å². The highest BCUT2D eigenvalue weighted by Gasteiger charge is 2.13. The molecule has 0 aromatic heterocycles. The first-order chi connectivity index (χ1) is 18.6. The van der Waals surface area contributed by atoms with E-state index in [2.05, 4.69) is 13.8 Å². The van der Waals surface area contributed by atoms with Gasteiger partial charge in [0.1, 0.15) is 17.2 Å². The number of aryl methyl sites for hydroxylation is 1. The Morgan fingerprint density at radius 3 is 1.61 bits per heavy atom. The summed E-state index contributed by atoms with van der Waals surface area (Å²) in [6, 6.07) is 25.3. The lowest BCUT2D eigenvalue weighted by Crippen LogP contribution is -2.09. The fourth-order valence-electron chi connectivity index (χ4n) is 4.07. The van der Waals surface area contributed by atoms with Gasteiger partial charge in [-0.25, -0.2) is 9.59 Å². The largest absolute Gasteiger partial charge is 0.494 e. The van der Waals surface area contributed by atoms with Crippen LogP contribution in [0.4, 0.5) is 0 Å². The van der Waals surface area contributed by atoms with Crippen LogP contribution in [-0.2, 0) is 6.42 Å². The van der Waals surface area contributed by atoms with E-state index in [1.807, 2.05) is 30.3 Å². The van der Waals surface area contributed by atoms with E-state index in [1.165, 1.54) is 18.4 Å². The predicted octanol–water partition coefficient (Wildman–Crippen LogP) is 8.19. The van der Waals surface area contributed by atoms with Gasteiger partial charge in [0.15, 0.2) is 0 Å². The lowest BCUT2D eigenvalue weighted by Gasteiger charge is -2.09. The summed E-state index contributed by atoms with van der Waals surface area (Å²) in [5, 5.41) is 1.66. The van der Waals surface area contributed by atoms with Crippen molar-refractivity contribution in [2.75, 3.05) is 6.61 Å². The number of hydrogen-bond donors (Lipinski definition) is 0. The van der Waals surface area contributed by atoms with Crippen molar-refractivity contribution in [1.29, 1.82) is 0 Å². The van der Waals surface area contributed by atoms with Crippen molar-refractivity contribution >= 4 is 22.7 Å². The molecule has 0 spiro atoms. The number of hydrogen-bond acceptors (Lipinski definition) is 5. The SMILES string of the molecule is CCCCCc1ccc(OC(=O)c2ccc3cc(C(=O)Oc4ccc(OCCCC)cc4)ccc3c2)cc1. The number of carbonyl (C=O) groups is 2. The number of esters is 2. The van der Waals surface area contributed by atoms with Crippen molar-refractivity contribution < 1.29 is 23.8 Å². The molecular weight excluding hydrogens is 476 g/mol. The normalized spacial score (nSPS) is 10.8. The van der Waals surface area contributed by atoms with Crippen molar-refractivity contribution in [3.63, 3.8) is 0 Å². The van der Waals surface area contributed by atoms with Crippen LogP contribution in [-0.4, -0.2) is 18.5 Å². The van der Waals surface area contributed by atoms with Gasteiger partial charge in [-0.15, -0.1) is 0 Å². The molecule has 0 amide bonds. The van der Waals surface area contributed by atoms with Crippen LogP contribution in [0.3, 0.4) is 0 Å². The Hall–Kier alpha value is -4.12. The molecule has 0 fully saturated rings. The molecule has 0 saturated carbocycles. The highest BCUT2D eigenvalue weighted by Crippen LogP contribution is 2.23. The van der Waals surface area contributed by atoms with Crippen LogP contribution in [0.1, 0.15) is 72.2 Å². The summed E-state index contributed by atoms with van der Waals surface area (Å²) in [6.07, 6.45) is 6.66. The van der Waals surface area contributed by atoms with Gasteiger partial charge in [-0.05, 0) is 96.3 Å². The van der Waals surface area contributed by atoms with Crippen LogP contribution in [0.15, 0.2) is 84.9 Å². The zero-order valence-corrected chi connectivity index (χ0v) is 22.1. The molecule has 4 aromatic rings. The van der Waals surface area contributed by atoms with E-state index < -0.39 is 11.9 Å². The van der Waals surface area contributed by atoms with E-state index in [0.29, 0.717) is 29.2 Å². The molecule has 0 saturated heterocycles. The smallest absolute Gasteiger partial charge is 0.343 e. The minimum Gasteiger partial charge on any atom is -0.494 e. The quantitative estimate of drug-likeness (QED) is 0.109. The molecule has 5 nitrogen and oxygen atoms in total. The summed E-state index contributed by atoms with van der Waals surface area (Å²) in [5.74, 6) is 0.847. The maximum atomic E-state index is 12.7. The van der Waals surface area contributed by atoms with Crippen molar-refractivity contribution in [3.05, 3.63) is 102 Å². The van der Waals surface area contributed by atoms with Gasteiger partial charge in [-0.1, -0.05) is 57.4 Å². The molecule has 5 heteroatoms. The summed E-state index contributed by atoms with van der Waals surface area (Å²) < 4.78 is 16.7. The van der Waals surface area contributed by atoms with Crippen LogP contribution >= 0.6 is 0 Å². The zero-order chi connectivity index (χ0) is 26.7. The minimum absolute atomic E-state index is 0.420. The van der Waals surface area contributed by atoms with E-state index >= 15 is 0 Å². The standard InChI is InChI=1S/C33H34O5/c1-3-5-7-8-24-9-15-30(16-10-24)37-32(34)27-13-11-26-23-28(14-12-25(26)22-27)33(35)38-31-19-17-29(18-20-31)36-21-6-4-2/h9-20,22-23H,3-8,21H2,1-2H3. The fourth-order valence-corrected chi connectivity index (χ4v) is 4.07. The Labute approximate surface area is 224 Å². The Kier molecular flexibility index (Phi) is 9.52. The first kappa shape index (κ1) is 26.9. The number of benzene rings is 4. The lowest BCUT2D eigenvalue weighted by atomic mass is 10.0. The molecule has 0 aliphatic heterocycles. The highest BCUT2D eigenvalue weighted by atomic mass is 16.5. The Morgan fingerprint density at radius 2 is 1.08 bits per heavy atom. The molecular formula is C33H34O5. The van der Waals surface area contributed by atoms with Crippen molar-refractivity contribution in [1.82, 2.24) is 0 Å². The molecule has 0 unspecified atom stereocenters. The van der Waals surface area contributed by atoms with E-state index in [9.17, 15) is 9.59 Å². The Morgan fingerprint density at radius 1 is 0.579 bits per heavy atom. The molecule has 0 heterocycles. The first-order valence-electron chi connectivity index (χ1n) is 13.4. The predicted molar refractivity (Wildman–Crippen MR) is 150 cm³/mol. The van der Waals surface area contributed by atoms with Gasteiger partial charge in [-0.3, -0.25) is 0 Å². The number of carbonyl (C=O) groups excluding carboxylic acids is 2.